The van der Waals surface area contributed by atoms with Crippen LogP contribution in [0.2, 0.25) is 0 Å². The summed E-state index contributed by atoms with van der Waals surface area (Å²) in [4.78, 5) is 24.6. The lowest BCUT2D eigenvalue weighted by Gasteiger charge is -2.11. The summed E-state index contributed by atoms with van der Waals surface area (Å²) in [5.74, 6) is 0.772. The molecule has 0 unspecified atom stereocenters. The van der Waals surface area contributed by atoms with Crippen molar-refractivity contribution in [3.05, 3.63) is 65.2 Å². The first kappa shape index (κ1) is 16.9. The highest BCUT2D eigenvalue weighted by Gasteiger charge is 2.22. The van der Waals surface area contributed by atoms with Gasteiger partial charge in [-0.05, 0) is 35.2 Å². The lowest BCUT2D eigenvalue weighted by molar-refractivity contribution is 0.0949. The number of amides is 2. The Bertz CT molecular complexity index is 1050. The van der Waals surface area contributed by atoms with E-state index < -0.39 is 0 Å². The maximum Gasteiger partial charge on any atom is 0.256 e. The normalized spacial score (nSPS) is 12.0. The third kappa shape index (κ3) is 2.95. The van der Waals surface area contributed by atoms with Gasteiger partial charge in [0, 0.05) is 34.8 Å². The molecule has 0 fully saturated rings. The molecule has 0 bridgehead atoms. The summed E-state index contributed by atoms with van der Waals surface area (Å²) in [5, 5.41) is 7.64. The van der Waals surface area contributed by atoms with Crippen LogP contribution < -0.4 is 20.1 Å². The zero-order valence-electron chi connectivity index (χ0n) is 15.0. The minimum atomic E-state index is -0.232. The molecule has 2 amide bonds. The summed E-state index contributed by atoms with van der Waals surface area (Å²) in [5.41, 5.74) is 2.86. The van der Waals surface area contributed by atoms with E-state index in [0.29, 0.717) is 29.2 Å². The van der Waals surface area contributed by atoms with Crippen molar-refractivity contribution in [1.29, 1.82) is 0 Å². The third-order valence-electron chi connectivity index (χ3n) is 4.68. The average Bonchev–Trinajstić information content (AvgIpc) is 3.04. The molecule has 1 aliphatic heterocycles. The Morgan fingerprint density at radius 1 is 1.04 bits per heavy atom. The first-order valence-corrected chi connectivity index (χ1v) is 8.48. The third-order valence-corrected chi connectivity index (χ3v) is 4.68. The van der Waals surface area contributed by atoms with Gasteiger partial charge < -0.3 is 20.1 Å². The molecule has 0 atom stereocenters. The van der Waals surface area contributed by atoms with E-state index in [9.17, 15) is 9.59 Å². The predicted molar refractivity (Wildman–Crippen MR) is 103 cm³/mol. The minimum Gasteiger partial charge on any atom is -0.497 e. The van der Waals surface area contributed by atoms with Gasteiger partial charge in [-0.1, -0.05) is 18.2 Å². The van der Waals surface area contributed by atoms with Crippen LogP contribution in [0, 0.1) is 0 Å². The zero-order chi connectivity index (χ0) is 19.0. The van der Waals surface area contributed by atoms with E-state index in [-0.39, 0.29) is 11.8 Å². The molecule has 3 aromatic rings. The van der Waals surface area contributed by atoms with Crippen molar-refractivity contribution in [3.8, 4) is 11.5 Å². The summed E-state index contributed by atoms with van der Waals surface area (Å²) in [6.45, 7) is 0.340. The van der Waals surface area contributed by atoms with Crippen LogP contribution in [0.15, 0.2) is 48.5 Å². The molecule has 6 nitrogen and oxygen atoms in total. The second kappa shape index (κ2) is 6.64. The van der Waals surface area contributed by atoms with Gasteiger partial charge in [-0.2, -0.15) is 0 Å². The summed E-state index contributed by atoms with van der Waals surface area (Å²) in [6, 6.07) is 14.4. The van der Waals surface area contributed by atoms with E-state index in [2.05, 4.69) is 10.6 Å². The first-order chi connectivity index (χ1) is 13.1. The number of anilines is 1. The molecule has 0 aromatic heterocycles. The van der Waals surface area contributed by atoms with Gasteiger partial charge in [0.05, 0.1) is 14.2 Å². The van der Waals surface area contributed by atoms with Crippen molar-refractivity contribution >= 4 is 28.3 Å². The second-order valence-electron chi connectivity index (χ2n) is 6.24. The molecule has 3 aromatic carbocycles. The van der Waals surface area contributed by atoms with Crippen molar-refractivity contribution in [2.45, 2.75) is 6.54 Å². The lowest BCUT2D eigenvalue weighted by atomic mass is 10.0. The van der Waals surface area contributed by atoms with Gasteiger partial charge in [-0.25, -0.2) is 0 Å². The molecule has 0 spiro atoms. The summed E-state index contributed by atoms with van der Waals surface area (Å²) < 4.78 is 10.4. The van der Waals surface area contributed by atoms with Gasteiger partial charge in [0.1, 0.15) is 11.5 Å². The van der Waals surface area contributed by atoms with Crippen molar-refractivity contribution in [3.63, 3.8) is 0 Å². The maximum absolute atomic E-state index is 12.6. The molecule has 6 heteroatoms. The van der Waals surface area contributed by atoms with Crippen molar-refractivity contribution in [2.24, 2.45) is 0 Å². The highest BCUT2D eigenvalue weighted by Crippen LogP contribution is 2.34. The Labute approximate surface area is 156 Å². The monoisotopic (exact) mass is 362 g/mol. The molecular formula is C21H18N2O4. The van der Waals surface area contributed by atoms with Crippen molar-refractivity contribution in [2.75, 3.05) is 19.5 Å². The van der Waals surface area contributed by atoms with E-state index in [1.54, 1.807) is 38.5 Å². The number of rotatable bonds is 5. The molecular weight excluding hydrogens is 344 g/mol. The van der Waals surface area contributed by atoms with Gasteiger partial charge in [-0.15, -0.1) is 0 Å². The fourth-order valence-electron chi connectivity index (χ4n) is 3.32. The maximum atomic E-state index is 12.6. The Balaban J connectivity index is 1.61. The van der Waals surface area contributed by atoms with Crippen LogP contribution >= 0.6 is 0 Å². The number of ether oxygens (including phenoxy) is 2. The number of nitrogens with one attached hydrogen (secondary N) is 2. The number of methoxy groups -OCH3 is 2. The van der Waals surface area contributed by atoms with Gasteiger partial charge in [0.15, 0.2) is 0 Å². The van der Waals surface area contributed by atoms with Crippen molar-refractivity contribution < 1.29 is 19.1 Å². The SMILES string of the molecule is COc1cc(OC)cc(C(=O)NCc2ccc3c4c(cccc24)C(=O)N3)c1. The average molecular weight is 362 g/mol. The van der Waals surface area contributed by atoms with Crippen LogP contribution in [-0.2, 0) is 6.54 Å². The van der Waals surface area contributed by atoms with E-state index >= 15 is 0 Å². The van der Waals surface area contributed by atoms with Crippen molar-refractivity contribution in [1.82, 2.24) is 5.32 Å². The Morgan fingerprint density at radius 3 is 2.48 bits per heavy atom. The molecule has 4 rings (SSSR count). The fourth-order valence-corrected chi connectivity index (χ4v) is 3.32. The zero-order valence-corrected chi connectivity index (χ0v) is 15.0. The highest BCUT2D eigenvalue weighted by molar-refractivity contribution is 6.24. The molecule has 1 aliphatic rings. The molecule has 0 radical (unpaired) electrons. The Morgan fingerprint density at radius 2 is 1.78 bits per heavy atom. The van der Waals surface area contributed by atoms with Gasteiger partial charge in [0.2, 0.25) is 0 Å². The van der Waals surface area contributed by atoms with Crippen LogP contribution in [0.5, 0.6) is 11.5 Å². The molecule has 2 N–H and O–H groups in total. The van der Waals surface area contributed by atoms with E-state index in [1.165, 1.54) is 0 Å². The van der Waals surface area contributed by atoms with Crippen LogP contribution in [0.4, 0.5) is 5.69 Å². The number of carbonyl (C=O) groups is 2. The second-order valence-corrected chi connectivity index (χ2v) is 6.24. The predicted octanol–water partition coefficient (Wildman–Crippen LogP) is 3.35. The summed E-state index contributed by atoms with van der Waals surface area (Å²) in [7, 11) is 3.08. The summed E-state index contributed by atoms with van der Waals surface area (Å²) >= 11 is 0. The standard InChI is InChI=1S/C21H18N2O4/c1-26-14-8-13(9-15(10-14)27-2)20(24)22-11-12-6-7-18-19-16(12)4-3-5-17(19)21(25)23-18/h3-10H,11H2,1-2H3,(H,22,24)(H,23,25). The molecule has 0 saturated carbocycles. The molecule has 0 saturated heterocycles. The number of benzene rings is 3. The number of hydrogen-bond acceptors (Lipinski definition) is 4. The van der Waals surface area contributed by atoms with Gasteiger partial charge in [0.25, 0.3) is 11.8 Å². The fraction of sp³-hybridized carbons (Fsp3) is 0.143. The smallest absolute Gasteiger partial charge is 0.256 e. The first-order valence-electron chi connectivity index (χ1n) is 8.48. The van der Waals surface area contributed by atoms with Crippen LogP contribution in [-0.4, -0.2) is 26.0 Å². The van der Waals surface area contributed by atoms with Gasteiger partial charge >= 0.3 is 0 Å². The number of hydrogen-bond donors (Lipinski definition) is 2. The molecule has 1 heterocycles. The van der Waals surface area contributed by atoms with Crippen LogP contribution in [0.3, 0.4) is 0 Å². The summed E-state index contributed by atoms with van der Waals surface area (Å²) in [6.07, 6.45) is 0. The van der Waals surface area contributed by atoms with Crippen LogP contribution in [0.25, 0.3) is 10.8 Å². The Kier molecular flexibility index (Phi) is 4.16. The molecule has 136 valence electrons. The molecule has 0 aliphatic carbocycles. The molecule has 27 heavy (non-hydrogen) atoms. The minimum absolute atomic E-state index is 0.0970. The largest absolute Gasteiger partial charge is 0.497 e. The topological polar surface area (TPSA) is 76.7 Å². The van der Waals surface area contributed by atoms with Gasteiger partial charge in [-0.3, -0.25) is 9.59 Å². The van der Waals surface area contributed by atoms with E-state index in [0.717, 1.165) is 22.0 Å². The van der Waals surface area contributed by atoms with E-state index in [1.807, 2.05) is 24.3 Å². The van der Waals surface area contributed by atoms with E-state index in [4.69, 9.17) is 9.47 Å². The highest BCUT2D eigenvalue weighted by atomic mass is 16.5. The Hall–Kier alpha value is -3.54. The quantitative estimate of drug-likeness (QED) is 0.730. The van der Waals surface area contributed by atoms with Crippen LogP contribution in [0.1, 0.15) is 26.3 Å². The lowest BCUT2D eigenvalue weighted by Crippen LogP contribution is -2.23. The number of carbonyl (C=O) groups excluding carboxylic acids is 2.